The quantitative estimate of drug-likeness (QED) is 0.291. The van der Waals surface area contributed by atoms with E-state index in [1.165, 1.54) is 6.20 Å². The normalized spacial score (nSPS) is 26.2. The molecule has 276 valence electrons. The molecule has 51 heavy (non-hydrogen) atoms. The maximum Gasteiger partial charge on any atom is 0.303 e. The van der Waals surface area contributed by atoms with Gasteiger partial charge in [-0.1, -0.05) is 19.3 Å². The third kappa shape index (κ3) is 7.48. The van der Waals surface area contributed by atoms with E-state index in [4.69, 9.17) is 4.74 Å². The summed E-state index contributed by atoms with van der Waals surface area (Å²) in [5.74, 6) is -3.34. The van der Waals surface area contributed by atoms with Gasteiger partial charge in [-0.25, -0.2) is 9.97 Å². The van der Waals surface area contributed by atoms with Crippen molar-refractivity contribution in [3.05, 3.63) is 46.8 Å². The number of aromatic nitrogens is 2. The largest absolute Gasteiger partial charge is 0.481 e. The van der Waals surface area contributed by atoms with Gasteiger partial charge in [-0.3, -0.25) is 14.4 Å². The number of piperidine rings is 1. The number of alkyl halides is 2. The molecule has 2 amide bonds. The minimum absolute atomic E-state index is 0.00453. The summed E-state index contributed by atoms with van der Waals surface area (Å²) in [5, 5.41) is 12.2. The zero-order valence-corrected chi connectivity index (χ0v) is 29.8. The lowest BCUT2D eigenvalue weighted by Crippen LogP contribution is -2.40. The number of hydrogen-bond acceptors (Lipinski definition) is 7. The van der Waals surface area contributed by atoms with Gasteiger partial charge in [0.15, 0.2) is 0 Å². The minimum atomic E-state index is -3.39. The number of fused-ring (bicyclic) bond motifs is 4. The molecule has 2 aliphatic heterocycles. The highest BCUT2D eigenvalue weighted by atomic mass is 19.3. The first-order valence-corrected chi connectivity index (χ1v) is 18.9. The number of carbonyl (C=O) groups excluding carboxylic acids is 2. The summed E-state index contributed by atoms with van der Waals surface area (Å²) in [6.07, 6.45) is 13.0. The molecule has 1 saturated heterocycles. The molecule has 1 aromatic heterocycles. The Labute approximate surface area is 298 Å². The van der Waals surface area contributed by atoms with Crippen LogP contribution in [0.5, 0.6) is 0 Å². The highest BCUT2D eigenvalue weighted by molar-refractivity contribution is 5.96. The third-order valence-corrected chi connectivity index (χ3v) is 12.5. The van der Waals surface area contributed by atoms with Crippen LogP contribution in [0.4, 0.5) is 20.4 Å². The van der Waals surface area contributed by atoms with Crippen LogP contribution < -0.4 is 10.2 Å². The van der Waals surface area contributed by atoms with Gasteiger partial charge in [0.1, 0.15) is 5.69 Å². The summed E-state index contributed by atoms with van der Waals surface area (Å²) in [5.41, 5.74) is 1.43. The number of carboxylic acid groups (broad SMARTS) is 1. The molecular weight excluding hydrogens is 656 g/mol. The number of methoxy groups -OCH3 is 1. The van der Waals surface area contributed by atoms with Gasteiger partial charge in [0, 0.05) is 69.5 Å². The lowest BCUT2D eigenvalue weighted by molar-refractivity contribution is -0.138. The SMILES string of the molecule is COC1CCN(C(=O)c2ccc3c(c2)C2(CCCCC2)CN3c2ncc(C(=O)NCC3CC4CC(CC(=O)O)CC(C3)C4)c(C(C)(F)F)n2)CC1. The van der Waals surface area contributed by atoms with Gasteiger partial charge < -0.3 is 25.0 Å². The Kier molecular flexibility index (Phi) is 10.1. The first-order valence-electron chi connectivity index (χ1n) is 18.9. The Balaban J connectivity index is 1.09. The Bertz CT molecular complexity index is 1620. The molecule has 10 nitrogen and oxygen atoms in total. The lowest BCUT2D eigenvalue weighted by atomic mass is 9.64. The maximum atomic E-state index is 15.2. The fourth-order valence-electron chi connectivity index (χ4n) is 10.2. The van der Waals surface area contributed by atoms with Crippen molar-refractivity contribution in [1.29, 1.82) is 0 Å². The Morgan fingerprint density at radius 1 is 1.02 bits per heavy atom. The van der Waals surface area contributed by atoms with Gasteiger partial charge in [0.05, 0.1) is 11.7 Å². The van der Waals surface area contributed by atoms with E-state index in [2.05, 4.69) is 15.3 Å². The van der Waals surface area contributed by atoms with Crippen LogP contribution >= 0.6 is 0 Å². The predicted molar refractivity (Wildman–Crippen MR) is 187 cm³/mol. The molecule has 2 N–H and O–H groups in total. The number of aliphatic carboxylic acids is 1. The van der Waals surface area contributed by atoms with Gasteiger partial charge in [-0.05, 0) is 105 Å². The number of benzene rings is 1. The smallest absolute Gasteiger partial charge is 0.303 e. The number of ether oxygens (including phenoxy) is 1. The Morgan fingerprint density at radius 3 is 2.35 bits per heavy atom. The molecule has 3 heterocycles. The van der Waals surface area contributed by atoms with E-state index in [1.54, 1.807) is 7.11 Å². The van der Waals surface area contributed by atoms with Crippen molar-refractivity contribution in [3.63, 3.8) is 0 Å². The second-order valence-electron chi connectivity index (χ2n) is 16.2. The van der Waals surface area contributed by atoms with E-state index in [0.717, 1.165) is 95.2 Å². The average molecular weight is 708 g/mol. The number of nitrogens with one attached hydrogen (secondary N) is 1. The van der Waals surface area contributed by atoms with Crippen molar-refractivity contribution < 1.29 is 33.0 Å². The van der Waals surface area contributed by atoms with Crippen molar-refractivity contribution in [2.75, 3.05) is 38.2 Å². The molecule has 7 rings (SSSR count). The van der Waals surface area contributed by atoms with Crippen LogP contribution in [-0.4, -0.2) is 77.2 Å². The van der Waals surface area contributed by atoms with Gasteiger partial charge in [0.2, 0.25) is 5.95 Å². The van der Waals surface area contributed by atoms with Crippen molar-refractivity contribution in [2.24, 2.45) is 23.7 Å². The summed E-state index contributed by atoms with van der Waals surface area (Å²) in [6.45, 7) is 2.95. The molecule has 1 spiro atoms. The van der Waals surface area contributed by atoms with Gasteiger partial charge in [-0.2, -0.15) is 8.78 Å². The summed E-state index contributed by atoms with van der Waals surface area (Å²) in [7, 11) is 1.71. The number of nitrogens with zero attached hydrogens (tertiary/aromatic N) is 4. The molecule has 3 aliphatic carbocycles. The average Bonchev–Trinajstić information content (AvgIpc) is 3.41. The lowest BCUT2D eigenvalue weighted by Gasteiger charge is -2.42. The molecule has 2 aromatic rings. The van der Waals surface area contributed by atoms with Crippen molar-refractivity contribution >= 4 is 29.4 Å². The van der Waals surface area contributed by atoms with Crippen LogP contribution in [0.3, 0.4) is 0 Å². The molecule has 2 bridgehead atoms. The van der Waals surface area contributed by atoms with Crippen molar-refractivity contribution in [2.45, 2.75) is 108 Å². The summed E-state index contributed by atoms with van der Waals surface area (Å²) in [6, 6.07) is 5.74. The summed E-state index contributed by atoms with van der Waals surface area (Å²) >= 11 is 0. The zero-order chi connectivity index (χ0) is 35.9. The molecule has 4 fully saturated rings. The summed E-state index contributed by atoms with van der Waals surface area (Å²) in [4.78, 5) is 51.1. The molecule has 2 unspecified atom stereocenters. The van der Waals surface area contributed by atoms with Crippen LogP contribution in [0.2, 0.25) is 0 Å². The molecular formula is C39H51F2N5O5. The number of carbonyl (C=O) groups is 3. The molecule has 3 saturated carbocycles. The second-order valence-corrected chi connectivity index (χ2v) is 16.2. The minimum Gasteiger partial charge on any atom is -0.481 e. The molecule has 5 aliphatic rings. The van der Waals surface area contributed by atoms with E-state index in [-0.39, 0.29) is 47.2 Å². The molecule has 2 atom stereocenters. The van der Waals surface area contributed by atoms with Crippen LogP contribution in [0.1, 0.15) is 122 Å². The second kappa shape index (κ2) is 14.4. The predicted octanol–water partition coefficient (Wildman–Crippen LogP) is 6.84. The van der Waals surface area contributed by atoms with Crippen molar-refractivity contribution in [1.82, 2.24) is 20.2 Å². The van der Waals surface area contributed by atoms with E-state index in [1.807, 2.05) is 28.0 Å². The van der Waals surface area contributed by atoms with Gasteiger partial charge in [-0.15, -0.1) is 0 Å². The van der Waals surface area contributed by atoms with Gasteiger partial charge in [0.25, 0.3) is 17.7 Å². The number of amides is 2. The van der Waals surface area contributed by atoms with Crippen LogP contribution in [0.25, 0.3) is 0 Å². The third-order valence-electron chi connectivity index (χ3n) is 12.5. The maximum absolute atomic E-state index is 15.2. The zero-order valence-electron chi connectivity index (χ0n) is 29.8. The molecule has 1 aromatic carbocycles. The van der Waals surface area contributed by atoms with Crippen molar-refractivity contribution in [3.8, 4) is 0 Å². The van der Waals surface area contributed by atoms with E-state index in [0.29, 0.717) is 43.6 Å². The topological polar surface area (TPSA) is 125 Å². The highest BCUT2D eigenvalue weighted by Crippen LogP contribution is 2.51. The number of rotatable bonds is 9. The first-order chi connectivity index (χ1) is 24.4. The van der Waals surface area contributed by atoms with Gasteiger partial charge >= 0.3 is 5.97 Å². The molecule has 0 radical (unpaired) electrons. The Hall–Kier alpha value is -3.67. The molecule has 12 heteroatoms. The number of halogens is 2. The highest BCUT2D eigenvalue weighted by Gasteiger charge is 2.46. The first kappa shape index (κ1) is 35.7. The van der Waals surface area contributed by atoms with E-state index < -0.39 is 23.5 Å². The van der Waals surface area contributed by atoms with Crippen LogP contribution in [0, 0.1) is 23.7 Å². The fraction of sp³-hybridized carbons (Fsp3) is 0.667. The number of likely N-dealkylation sites (tertiary alicyclic amines) is 1. The standard InChI is InChI=1S/C39H51F2N5O5/c1-38(40,41)34-30(35(49)42-21-27-17-24-14-25(18-27)16-26(15-24)19-33(47)48)22-43-37(44-34)46-23-39(10-4-3-5-11-39)31-20-28(6-7-32(31)46)36(50)45-12-8-29(51-2)9-13-45/h6-7,20,22,24-27,29H,3-5,8-19,21,23H2,1-2H3,(H,42,49)(H,47,48). The number of carboxylic acids is 1. The van der Waals surface area contributed by atoms with E-state index >= 15 is 8.78 Å². The van der Waals surface area contributed by atoms with E-state index in [9.17, 15) is 19.5 Å². The van der Waals surface area contributed by atoms with Crippen LogP contribution in [-0.2, 0) is 20.9 Å². The number of hydrogen-bond donors (Lipinski definition) is 2. The fourth-order valence-corrected chi connectivity index (χ4v) is 10.2. The monoisotopic (exact) mass is 707 g/mol. The summed E-state index contributed by atoms with van der Waals surface area (Å²) < 4.78 is 36.0. The Morgan fingerprint density at radius 2 is 1.71 bits per heavy atom. The number of anilines is 2. The van der Waals surface area contributed by atoms with Crippen LogP contribution in [0.15, 0.2) is 24.4 Å².